The summed E-state index contributed by atoms with van der Waals surface area (Å²) >= 11 is 0. The molecule has 2 aliphatic rings. The molecule has 0 aliphatic carbocycles. The fourth-order valence-electron chi connectivity index (χ4n) is 4.10. The van der Waals surface area contributed by atoms with E-state index in [1.165, 1.54) is 7.11 Å². The van der Waals surface area contributed by atoms with E-state index in [1.54, 1.807) is 12.1 Å². The topological polar surface area (TPSA) is 48.0 Å². The van der Waals surface area contributed by atoms with Crippen molar-refractivity contribution in [2.75, 3.05) is 76.3 Å². The second-order valence-electron chi connectivity index (χ2n) is 8.15. The third kappa shape index (κ3) is 4.82. The molecule has 2 fully saturated rings. The van der Waals surface area contributed by atoms with Gasteiger partial charge in [0, 0.05) is 65.0 Å². The van der Waals surface area contributed by atoms with Gasteiger partial charge in [-0.1, -0.05) is 6.07 Å². The van der Waals surface area contributed by atoms with Crippen LogP contribution in [0.3, 0.4) is 0 Å². The molecular weight excluding hydrogens is 383 g/mol. The van der Waals surface area contributed by atoms with Gasteiger partial charge in [0.2, 0.25) is 0 Å². The Morgan fingerprint density at radius 2 is 1.50 bits per heavy atom. The van der Waals surface area contributed by atoms with Crippen LogP contribution in [0.1, 0.15) is 11.4 Å². The second kappa shape index (κ2) is 9.14. The van der Waals surface area contributed by atoms with Crippen LogP contribution in [0.15, 0.2) is 24.3 Å². The SMILES string of the molecule is COc1ccc(CN2CCN(c3cc(N4CCN(C)CC4)nc(C)n3)CC2)cc1F. The maximum Gasteiger partial charge on any atom is 0.165 e. The molecule has 0 radical (unpaired) electrons. The molecule has 3 heterocycles. The zero-order valence-corrected chi connectivity index (χ0v) is 18.1. The molecule has 7 nitrogen and oxygen atoms in total. The van der Waals surface area contributed by atoms with Gasteiger partial charge in [-0.2, -0.15) is 0 Å². The van der Waals surface area contributed by atoms with E-state index in [1.807, 2.05) is 13.0 Å². The maximum atomic E-state index is 14.0. The normalized spacial score (nSPS) is 18.7. The average molecular weight is 415 g/mol. The Morgan fingerprint density at radius 3 is 2.07 bits per heavy atom. The number of halogens is 1. The highest BCUT2D eigenvalue weighted by atomic mass is 19.1. The number of anilines is 2. The number of ether oxygens (including phenoxy) is 1. The highest BCUT2D eigenvalue weighted by Crippen LogP contribution is 2.23. The molecule has 0 unspecified atom stereocenters. The maximum absolute atomic E-state index is 14.0. The summed E-state index contributed by atoms with van der Waals surface area (Å²) in [5, 5.41) is 0. The molecule has 4 rings (SSSR count). The van der Waals surface area contributed by atoms with Crippen LogP contribution in [0.2, 0.25) is 0 Å². The molecule has 0 saturated carbocycles. The van der Waals surface area contributed by atoms with Crippen LogP contribution >= 0.6 is 0 Å². The highest BCUT2D eigenvalue weighted by molar-refractivity contribution is 5.51. The Balaban J connectivity index is 1.37. The van der Waals surface area contributed by atoms with Gasteiger partial charge in [0.25, 0.3) is 0 Å². The Bertz CT molecular complexity index is 863. The smallest absolute Gasteiger partial charge is 0.165 e. The fourth-order valence-corrected chi connectivity index (χ4v) is 4.10. The van der Waals surface area contributed by atoms with E-state index in [9.17, 15) is 4.39 Å². The number of aryl methyl sites for hydroxylation is 1. The quantitative estimate of drug-likeness (QED) is 0.742. The molecule has 0 amide bonds. The highest BCUT2D eigenvalue weighted by Gasteiger charge is 2.22. The van der Waals surface area contributed by atoms with E-state index in [0.717, 1.165) is 81.9 Å². The lowest BCUT2D eigenvalue weighted by molar-refractivity contribution is 0.248. The van der Waals surface area contributed by atoms with Crippen molar-refractivity contribution in [2.45, 2.75) is 13.5 Å². The number of methoxy groups -OCH3 is 1. The van der Waals surface area contributed by atoms with Gasteiger partial charge in [0.1, 0.15) is 17.5 Å². The van der Waals surface area contributed by atoms with Crippen LogP contribution in [-0.4, -0.2) is 86.3 Å². The van der Waals surface area contributed by atoms with Gasteiger partial charge in [0.05, 0.1) is 7.11 Å². The average Bonchev–Trinajstić information content (AvgIpc) is 2.74. The summed E-state index contributed by atoms with van der Waals surface area (Å²) < 4.78 is 19.0. The predicted octanol–water partition coefficient (Wildman–Crippen LogP) is 2.01. The van der Waals surface area contributed by atoms with Crippen molar-refractivity contribution in [3.8, 4) is 5.75 Å². The van der Waals surface area contributed by atoms with E-state index < -0.39 is 0 Å². The van der Waals surface area contributed by atoms with Gasteiger partial charge in [0.15, 0.2) is 11.6 Å². The largest absolute Gasteiger partial charge is 0.494 e. The van der Waals surface area contributed by atoms with E-state index in [0.29, 0.717) is 5.75 Å². The molecule has 162 valence electrons. The van der Waals surface area contributed by atoms with Crippen molar-refractivity contribution in [3.05, 3.63) is 41.5 Å². The first kappa shape index (κ1) is 20.8. The summed E-state index contributed by atoms with van der Waals surface area (Å²) in [6.45, 7) is 10.5. The van der Waals surface area contributed by atoms with Gasteiger partial charge in [-0.3, -0.25) is 4.90 Å². The number of piperazine rings is 2. The molecule has 30 heavy (non-hydrogen) atoms. The number of hydrogen-bond donors (Lipinski definition) is 0. The number of nitrogens with zero attached hydrogens (tertiary/aromatic N) is 6. The lowest BCUT2D eigenvalue weighted by Gasteiger charge is -2.37. The minimum Gasteiger partial charge on any atom is -0.494 e. The molecule has 1 aromatic carbocycles. The molecule has 2 aliphatic heterocycles. The first-order valence-corrected chi connectivity index (χ1v) is 10.6. The van der Waals surface area contributed by atoms with Crippen molar-refractivity contribution in [1.29, 1.82) is 0 Å². The Hall–Kier alpha value is -2.45. The van der Waals surface area contributed by atoms with Crippen LogP contribution in [-0.2, 0) is 6.54 Å². The van der Waals surface area contributed by atoms with E-state index in [2.05, 4.69) is 37.7 Å². The van der Waals surface area contributed by atoms with Crippen LogP contribution in [0.5, 0.6) is 5.75 Å². The van der Waals surface area contributed by atoms with Crippen molar-refractivity contribution in [3.63, 3.8) is 0 Å². The summed E-state index contributed by atoms with van der Waals surface area (Å²) in [5.41, 5.74) is 0.969. The summed E-state index contributed by atoms with van der Waals surface area (Å²) in [5.74, 6) is 2.84. The van der Waals surface area contributed by atoms with E-state index in [4.69, 9.17) is 9.72 Å². The van der Waals surface area contributed by atoms with Gasteiger partial charge in [-0.15, -0.1) is 0 Å². The Morgan fingerprint density at radius 1 is 0.900 bits per heavy atom. The number of rotatable bonds is 5. The van der Waals surface area contributed by atoms with Gasteiger partial charge in [-0.05, 0) is 31.7 Å². The third-order valence-corrected chi connectivity index (χ3v) is 5.96. The Kier molecular flexibility index (Phi) is 6.34. The van der Waals surface area contributed by atoms with E-state index >= 15 is 0 Å². The zero-order valence-electron chi connectivity index (χ0n) is 18.1. The van der Waals surface area contributed by atoms with Crippen molar-refractivity contribution in [1.82, 2.24) is 19.8 Å². The summed E-state index contributed by atoms with van der Waals surface area (Å²) in [7, 11) is 3.65. The van der Waals surface area contributed by atoms with Crippen molar-refractivity contribution in [2.24, 2.45) is 0 Å². The number of hydrogen-bond acceptors (Lipinski definition) is 7. The predicted molar refractivity (Wildman–Crippen MR) is 117 cm³/mol. The number of benzene rings is 1. The van der Waals surface area contributed by atoms with E-state index in [-0.39, 0.29) is 5.82 Å². The van der Waals surface area contributed by atoms with Crippen LogP contribution in [0.4, 0.5) is 16.0 Å². The number of likely N-dealkylation sites (N-methyl/N-ethyl adjacent to an activating group) is 1. The molecule has 0 spiro atoms. The lowest BCUT2D eigenvalue weighted by Crippen LogP contribution is -2.47. The zero-order chi connectivity index (χ0) is 21.1. The molecule has 0 N–H and O–H groups in total. The first-order valence-electron chi connectivity index (χ1n) is 10.6. The number of aromatic nitrogens is 2. The summed E-state index contributed by atoms with van der Waals surface area (Å²) in [4.78, 5) is 18.8. The first-order chi connectivity index (χ1) is 14.5. The minimum absolute atomic E-state index is 0.291. The van der Waals surface area contributed by atoms with Crippen molar-refractivity contribution < 1.29 is 9.13 Å². The van der Waals surface area contributed by atoms with Crippen LogP contribution in [0.25, 0.3) is 0 Å². The molecule has 0 atom stereocenters. The van der Waals surface area contributed by atoms with Gasteiger partial charge < -0.3 is 19.4 Å². The molecule has 2 aromatic rings. The summed E-state index contributed by atoms with van der Waals surface area (Å²) in [6, 6.07) is 7.34. The van der Waals surface area contributed by atoms with Gasteiger partial charge >= 0.3 is 0 Å². The lowest BCUT2D eigenvalue weighted by atomic mass is 10.2. The standard InChI is InChI=1S/C22H31FN6O/c1-17-24-21(28-10-6-26(2)7-11-28)15-22(25-17)29-12-8-27(9-13-29)16-18-4-5-20(30-3)19(23)14-18/h4-5,14-15H,6-13,16H2,1-3H3. The molecular formula is C22H31FN6O. The molecule has 0 bridgehead atoms. The van der Waals surface area contributed by atoms with Crippen molar-refractivity contribution >= 4 is 11.6 Å². The summed E-state index contributed by atoms with van der Waals surface area (Å²) in [6.07, 6.45) is 0. The Labute approximate surface area is 178 Å². The molecule has 2 saturated heterocycles. The fraction of sp³-hybridized carbons (Fsp3) is 0.545. The molecule has 1 aromatic heterocycles. The minimum atomic E-state index is -0.304. The van der Waals surface area contributed by atoms with Gasteiger partial charge in [-0.25, -0.2) is 14.4 Å². The molecule has 8 heteroatoms. The monoisotopic (exact) mass is 414 g/mol. The third-order valence-electron chi connectivity index (χ3n) is 5.96. The van der Waals surface area contributed by atoms with Crippen LogP contribution < -0.4 is 14.5 Å². The van der Waals surface area contributed by atoms with Crippen LogP contribution in [0, 0.1) is 12.7 Å². The second-order valence-corrected chi connectivity index (χ2v) is 8.15.